The van der Waals surface area contributed by atoms with Crippen molar-refractivity contribution >= 4 is 5.97 Å². The molecule has 0 saturated carbocycles. The molecule has 1 atom stereocenters. The molecule has 0 amide bonds. The van der Waals surface area contributed by atoms with E-state index in [4.69, 9.17) is 4.74 Å². The molecule has 0 aromatic heterocycles. The predicted molar refractivity (Wildman–Crippen MR) is 59.3 cm³/mol. The van der Waals surface area contributed by atoms with Crippen LogP contribution in [-0.2, 0) is 16.0 Å². The van der Waals surface area contributed by atoms with Crippen LogP contribution in [0.15, 0.2) is 18.2 Å². The van der Waals surface area contributed by atoms with Crippen LogP contribution in [0.5, 0.6) is 5.75 Å². The molecule has 4 nitrogen and oxygen atoms in total. The van der Waals surface area contributed by atoms with Gasteiger partial charge in [-0.05, 0) is 18.1 Å². The minimum absolute atomic E-state index is 0.536. The summed E-state index contributed by atoms with van der Waals surface area (Å²) in [5.41, 5.74) is 1.36. The van der Waals surface area contributed by atoms with E-state index in [-0.39, 0.29) is 0 Å². The number of esters is 1. The SMILES string of the molecule is CCc1c(OC)cccc1C(O)C(=O)OC. The first-order valence-corrected chi connectivity index (χ1v) is 5.07. The van der Waals surface area contributed by atoms with Crippen molar-refractivity contribution in [2.24, 2.45) is 0 Å². The second-order valence-corrected chi connectivity index (χ2v) is 3.31. The van der Waals surface area contributed by atoms with Crippen LogP contribution in [-0.4, -0.2) is 25.3 Å². The van der Waals surface area contributed by atoms with E-state index in [9.17, 15) is 9.90 Å². The molecule has 0 aliphatic rings. The normalized spacial score (nSPS) is 12.0. The molecule has 0 aliphatic heterocycles. The number of carbonyl (C=O) groups is 1. The van der Waals surface area contributed by atoms with Crippen LogP contribution in [0.3, 0.4) is 0 Å². The van der Waals surface area contributed by atoms with Gasteiger partial charge in [0.15, 0.2) is 6.10 Å². The zero-order valence-electron chi connectivity index (χ0n) is 9.69. The Bertz CT molecular complexity index is 373. The highest BCUT2D eigenvalue weighted by Gasteiger charge is 2.22. The molecule has 16 heavy (non-hydrogen) atoms. The van der Waals surface area contributed by atoms with Crippen LogP contribution >= 0.6 is 0 Å². The molecule has 0 bridgehead atoms. The van der Waals surface area contributed by atoms with E-state index >= 15 is 0 Å². The van der Waals surface area contributed by atoms with Crippen molar-refractivity contribution < 1.29 is 19.4 Å². The number of carbonyl (C=O) groups excluding carboxylic acids is 1. The molecule has 4 heteroatoms. The Morgan fingerprint density at radius 2 is 2.12 bits per heavy atom. The zero-order chi connectivity index (χ0) is 12.1. The number of hydrogen-bond acceptors (Lipinski definition) is 4. The summed E-state index contributed by atoms with van der Waals surface area (Å²) in [5, 5.41) is 9.79. The van der Waals surface area contributed by atoms with Crippen LogP contribution in [0.25, 0.3) is 0 Å². The molecule has 1 aromatic rings. The summed E-state index contributed by atoms with van der Waals surface area (Å²) in [6, 6.07) is 5.23. The van der Waals surface area contributed by atoms with Gasteiger partial charge in [-0.15, -0.1) is 0 Å². The van der Waals surface area contributed by atoms with Gasteiger partial charge in [0.25, 0.3) is 0 Å². The maximum absolute atomic E-state index is 11.3. The third kappa shape index (κ3) is 2.33. The van der Waals surface area contributed by atoms with E-state index in [2.05, 4.69) is 4.74 Å². The third-order valence-corrected chi connectivity index (χ3v) is 2.46. The van der Waals surface area contributed by atoms with E-state index in [0.717, 1.165) is 5.56 Å². The summed E-state index contributed by atoms with van der Waals surface area (Å²) in [4.78, 5) is 11.3. The van der Waals surface area contributed by atoms with Crippen LogP contribution in [0.2, 0.25) is 0 Å². The number of methoxy groups -OCH3 is 2. The van der Waals surface area contributed by atoms with Crippen molar-refractivity contribution in [3.05, 3.63) is 29.3 Å². The average molecular weight is 224 g/mol. The molecule has 0 fully saturated rings. The molecule has 1 rings (SSSR count). The highest BCUT2D eigenvalue weighted by molar-refractivity contribution is 5.77. The van der Waals surface area contributed by atoms with Gasteiger partial charge in [-0.3, -0.25) is 0 Å². The lowest BCUT2D eigenvalue weighted by Crippen LogP contribution is -2.15. The first kappa shape index (κ1) is 12.5. The number of ether oxygens (including phenoxy) is 2. The fraction of sp³-hybridized carbons (Fsp3) is 0.417. The highest BCUT2D eigenvalue weighted by Crippen LogP contribution is 2.27. The summed E-state index contributed by atoms with van der Waals surface area (Å²) in [6.45, 7) is 1.94. The smallest absolute Gasteiger partial charge is 0.339 e. The zero-order valence-corrected chi connectivity index (χ0v) is 9.69. The van der Waals surface area contributed by atoms with Gasteiger partial charge < -0.3 is 14.6 Å². The molecule has 88 valence electrons. The average Bonchev–Trinajstić information content (AvgIpc) is 2.35. The van der Waals surface area contributed by atoms with Gasteiger partial charge in [0.2, 0.25) is 0 Å². The number of hydrogen-bond donors (Lipinski definition) is 1. The quantitative estimate of drug-likeness (QED) is 0.787. The van der Waals surface area contributed by atoms with E-state index in [1.165, 1.54) is 7.11 Å². The lowest BCUT2D eigenvalue weighted by atomic mass is 9.99. The van der Waals surface area contributed by atoms with Crippen LogP contribution in [0.1, 0.15) is 24.2 Å². The predicted octanol–water partition coefficient (Wildman–Crippen LogP) is 1.46. The molecule has 1 aromatic carbocycles. The second kappa shape index (κ2) is 5.51. The Morgan fingerprint density at radius 1 is 1.44 bits per heavy atom. The van der Waals surface area contributed by atoms with Crippen LogP contribution in [0, 0.1) is 0 Å². The summed E-state index contributed by atoms with van der Waals surface area (Å²) >= 11 is 0. The summed E-state index contributed by atoms with van der Waals surface area (Å²) in [6.07, 6.45) is -0.581. The van der Waals surface area contributed by atoms with E-state index in [1.807, 2.05) is 6.92 Å². The second-order valence-electron chi connectivity index (χ2n) is 3.31. The molecule has 0 aliphatic carbocycles. The Kier molecular flexibility index (Phi) is 4.31. The van der Waals surface area contributed by atoms with Crippen LogP contribution < -0.4 is 4.74 Å². The number of benzene rings is 1. The van der Waals surface area contributed by atoms with Gasteiger partial charge in [-0.1, -0.05) is 19.1 Å². The monoisotopic (exact) mass is 224 g/mol. The summed E-state index contributed by atoms with van der Waals surface area (Å²) in [5.74, 6) is 0.00547. The van der Waals surface area contributed by atoms with E-state index in [1.54, 1.807) is 25.3 Å². The van der Waals surface area contributed by atoms with Crippen LogP contribution in [0.4, 0.5) is 0 Å². The largest absolute Gasteiger partial charge is 0.496 e. The van der Waals surface area contributed by atoms with E-state index < -0.39 is 12.1 Å². The van der Waals surface area contributed by atoms with Gasteiger partial charge >= 0.3 is 5.97 Å². The molecule has 0 saturated heterocycles. The molecular weight excluding hydrogens is 208 g/mol. The van der Waals surface area contributed by atoms with Gasteiger partial charge in [0.1, 0.15) is 5.75 Å². The van der Waals surface area contributed by atoms with Crippen molar-refractivity contribution in [2.75, 3.05) is 14.2 Å². The minimum Gasteiger partial charge on any atom is -0.496 e. The summed E-state index contributed by atoms with van der Waals surface area (Å²) in [7, 11) is 2.81. The maximum Gasteiger partial charge on any atom is 0.339 e. The molecule has 1 unspecified atom stereocenters. The van der Waals surface area contributed by atoms with Gasteiger partial charge in [0, 0.05) is 5.56 Å². The minimum atomic E-state index is -1.25. The lowest BCUT2D eigenvalue weighted by molar-refractivity contribution is -0.150. The summed E-state index contributed by atoms with van der Waals surface area (Å²) < 4.78 is 9.69. The Hall–Kier alpha value is -1.55. The lowest BCUT2D eigenvalue weighted by Gasteiger charge is -2.15. The van der Waals surface area contributed by atoms with Crippen molar-refractivity contribution in [1.29, 1.82) is 0 Å². The fourth-order valence-electron chi connectivity index (χ4n) is 1.65. The number of rotatable bonds is 4. The molecule has 0 heterocycles. The number of aliphatic hydroxyl groups excluding tert-OH is 1. The molecule has 0 spiro atoms. The highest BCUT2D eigenvalue weighted by atomic mass is 16.5. The topological polar surface area (TPSA) is 55.8 Å². The third-order valence-electron chi connectivity index (χ3n) is 2.46. The molecule has 1 N–H and O–H groups in total. The van der Waals surface area contributed by atoms with Gasteiger partial charge in [-0.2, -0.15) is 0 Å². The Labute approximate surface area is 94.8 Å². The first-order chi connectivity index (χ1) is 7.65. The van der Waals surface area contributed by atoms with E-state index in [0.29, 0.717) is 17.7 Å². The standard InChI is InChI=1S/C12H16O4/c1-4-8-9(11(13)12(14)16-3)6-5-7-10(8)15-2/h5-7,11,13H,4H2,1-3H3. The van der Waals surface area contributed by atoms with Crippen molar-refractivity contribution in [3.8, 4) is 5.75 Å². The van der Waals surface area contributed by atoms with Gasteiger partial charge in [0.05, 0.1) is 14.2 Å². The fourth-order valence-corrected chi connectivity index (χ4v) is 1.65. The first-order valence-electron chi connectivity index (χ1n) is 5.07. The van der Waals surface area contributed by atoms with Crippen molar-refractivity contribution in [3.63, 3.8) is 0 Å². The Morgan fingerprint density at radius 3 is 2.62 bits per heavy atom. The maximum atomic E-state index is 11.3. The molecular formula is C12H16O4. The van der Waals surface area contributed by atoms with Gasteiger partial charge in [-0.25, -0.2) is 4.79 Å². The number of aliphatic hydroxyl groups is 1. The van der Waals surface area contributed by atoms with Crippen molar-refractivity contribution in [2.45, 2.75) is 19.4 Å². The Balaban J connectivity index is 3.17. The molecule has 0 radical (unpaired) electrons. The van der Waals surface area contributed by atoms with Crippen molar-refractivity contribution in [1.82, 2.24) is 0 Å².